The Balaban J connectivity index is 0.000000220. The number of carbonyl (C=O) groups is 2. The van der Waals surface area contributed by atoms with E-state index < -0.39 is 0 Å². The lowest BCUT2D eigenvalue weighted by Crippen LogP contribution is -2.31. The molecular weight excluding hydrogens is 284 g/mol. The van der Waals surface area contributed by atoms with Crippen molar-refractivity contribution in [1.82, 2.24) is 0 Å². The van der Waals surface area contributed by atoms with Gasteiger partial charge in [-0.05, 0) is 39.5 Å². The number of ether oxygens (including phenoxy) is 2. The fraction of sp³-hybridized carbons (Fsp3) is 0.875. The van der Waals surface area contributed by atoms with E-state index in [0.29, 0.717) is 13.2 Å². The molecule has 0 aromatic rings. The molecule has 0 heterocycles. The molecule has 0 aliphatic heterocycles. The maximum atomic E-state index is 11.2. The van der Waals surface area contributed by atoms with Gasteiger partial charge in [0.05, 0.1) is 25.0 Å². The summed E-state index contributed by atoms with van der Waals surface area (Å²) in [6, 6.07) is 0.0723. The van der Waals surface area contributed by atoms with Crippen LogP contribution in [-0.4, -0.2) is 37.2 Å². The maximum absolute atomic E-state index is 11.2. The zero-order valence-corrected chi connectivity index (χ0v) is 13.8. The molecule has 0 radical (unpaired) electrons. The highest BCUT2D eigenvalue weighted by molar-refractivity contribution is 5.74. The van der Waals surface area contributed by atoms with Gasteiger partial charge in [-0.3, -0.25) is 9.59 Å². The molecule has 0 unspecified atom stereocenters. The van der Waals surface area contributed by atoms with E-state index in [9.17, 15) is 9.59 Å². The molecule has 0 amide bonds. The maximum Gasteiger partial charge on any atom is 0.310 e. The predicted molar refractivity (Wildman–Crippen MR) is 83.9 cm³/mol. The standard InChI is InChI=1S/2C8H15NO2/c2*1-2-11-8(10)6-4-3-5-7(6)9/h2*6-7H,2-5,9H2,1H3/t2*6-,7+/m10/s1. The van der Waals surface area contributed by atoms with Crippen LogP contribution in [0.2, 0.25) is 0 Å². The number of rotatable bonds is 4. The number of hydrogen-bond acceptors (Lipinski definition) is 6. The Morgan fingerprint density at radius 1 is 0.818 bits per heavy atom. The van der Waals surface area contributed by atoms with Gasteiger partial charge >= 0.3 is 11.9 Å². The van der Waals surface area contributed by atoms with Gasteiger partial charge in [0.1, 0.15) is 0 Å². The minimum atomic E-state index is -0.113. The van der Waals surface area contributed by atoms with Gasteiger partial charge in [-0.1, -0.05) is 12.8 Å². The van der Waals surface area contributed by atoms with Crippen molar-refractivity contribution in [2.45, 2.75) is 64.5 Å². The number of nitrogens with two attached hydrogens (primary N) is 2. The Bertz CT molecular complexity index is 328. The van der Waals surface area contributed by atoms with Crippen LogP contribution in [0.3, 0.4) is 0 Å². The van der Waals surface area contributed by atoms with Gasteiger partial charge in [-0.15, -0.1) is 0 Å². The van der Waals surface area contributed by atoms with Crippen LogP contribution in [0.15, 0.2) is 0 Å². The first kappa shape index (κ1) is 18.9. The zero-order valence-electron chi connectivity index (χ0n) is 13.8. The van der Waals surface area contributed by atoms with Crippen molar-refractivity contribution in [2.75, 3.05) is 13.2 Å². The second-order valence-corrected chi connectivity index (χ2v) is 5.91. The third-order valence-electron chi connectivity index (χ3n) is 4.32. The second kappa shape index (κ2) is 9.79. The van der Waals surface area contributed by atoms with Gasteiger partial charge in [0.25, 0.3) is 0 Å². The highest BCUT2D eigenvalue weighted by atomic mass is 16.5. The van der Waals surface area contributed by atoms with E-state index in [4.69, 9.17) is 20.9 Å². The van der Waals surface area contributed by atoms with E-state index in [-0.39, 0.29) is 35.9 Å². The molecule has 6 nitrogen and oxygen atoms in total. The van der Waals surface area contributed by atoms with Crippen LogP contribution >= 0.6 is 0 Å². The molecule has 128 valence electrons. The Morgan fingerprint density at radius 2 is 1.18 bits per heavy atom. The van der Waals surface area contributed by atoms with Crippen molar-refractivity contribution in [2.24, 2.45) is 23.3 Å². The molecule has 0 aromatic heterocycles. The molecule has 2 fully saturated rings. The molecule has 2 aliphatic rings. The van der Waals surface area contributed by atoms with Crippen LogP contribution in [0.25, 0.3) is 0 Å². The highest BCUT2D eigenvalue weighted by Gasteiger charge is 2.31. The Morgan fingerprint density at radius 3 is 1.41 bits per heavy atom. The van der Waals surface area contributed by atoms with Gasteiger partial charge in [0.2, 0.25) is 0 Å². The minimum Gasteiger partial charge on any atom is -0.466 e. The Hall–Kier alpha value is -1.14. The first-order chi connectivity index (χ1) is 10.5. The molecule has 0 spiro atoms. The highest BCUT2D eigenvalue weighted by Crippen LogP contribution is 2.25. The SMILES string of the molecule is CCOC(=O)[C@@H]1CCC[C@@H]1N.CCOC(=O)[C@H]1CCC[C@H]1N. The summed E-state index contributed by atoms with van der Waals surface area (Å²) in [4.78, 5) is 22.3. The zero-order chi connectivity index (χ0) is 16.5. The fourth-order valence-corrected chi connectivity index (χ4v) is 3.06. The molecule has 6 heteroatoms. The summed E-state index contributed by atoms with van der Waals surface area (Å²) in [5, 5.41) is 0. The van der Waals surface area contributed by atoms with Crippen molar-refractivity contribution in [3.63, 3.8) is 0 Å². The molecule has 2 rings (SSSR count). The first-order valence-electron chi connectivity index (χ1n) is 8.35. The molecular formula is C16H30N2O4. The summed E-state index contributed by atoms with van der Waals surface area (Å²) >= 11 is 0. The van der Waals surface area contributed by atoms with Gasteiger partial charge in [-0.2, -0.15) is 0 Å². The minimum absolute atomic E-state index is 0.0325. The lowest BCUT2D eigenvalue weighted by Gasteiger charge is -2.12. The number of hydrogen-bond donors (Lipinski definition) is 2. The van der Waals surface area contributed by atoms with Crippen molar-refractivity contribution in [3.05, 3.63) is 0 Å². The average Bonchev–Trinajstić information content (AvgIpc) is 3.08. The van der Waals surface area contributed by atoms with Crippen LogP contribution < -0.4 is 11.5 Å². The molecule has 4 N–H and O–H groups in total. The molecule has 0 saturated heterocycles. The predicted octanol–water partition coefficient (Wildman–Crippen LogP) is 1.35. The molecule has 22 heavy (non-hydrogen) atoms. The van der Waals surface area contributed by atoms with Crippen molar-refractivity contribution in [3.8, 4) is 0 Å². The van der Waals surface area contributed by atoms with E-state index in [1.807, 2.05) is 13.8 Å². The van der Waals surface area contributed by atoms with Gasteiger partial charge in [-0.25, -0.2) is 0 Å². The number of carbonyl (C=O) groups excluding carboxylic acids is 2. The lowest BCUT2D eigenvalue weighted by atomic mass is 10.1. The summed E-state index contributed by atoms with van der Waals surface area (Å²) in [6.07, 6.45) is 5.85. The first-order valence-corrected chi connectivity index (χ1v) is 8.35. The lowest BCUT2D eigenvalue weighted by molar-refractivity contribution is -0.149. The average molecular weight is 314 g/mol. The van der Waals surface area contributed by atoms with E-state index in [1.54, 1.807) is 0 Å². The third kappa shape index (κ3) is 5.57. The van der Waals surface area contributed by atoms with Crippen molar-refractivity contribution >= 4 is 11.9 Å². The fourth-order valence-electron chi connectivity index (χ4n) is 3.06. The van der Waals surface area contributed by atoms with Gasteiger partial charge in [0.15, 0.2) is 0 Å². The van der Waals surface area contributed by atoms with Crippen LogP contribution in [-0.2, 0) is 19.1 Å². The Labute approximate surface area is 132 Å². The van der Waals surface area contributed by atoms with Crippen molar-refractivity contribution < 1.29 is 19.1 Å². The van der Waals surface area contributed by atoms with E-state index in [2.05, 4.69) is 0 Å². The summed E-state index contributed by atoms with van der Waals surface area (Å²) in [7, 11) is 0. The molecule has 2 aliphatic carbocycles. The van der Waals surface area contributed by atoms with E-state index >= 15 is 0 Å². The largest absolute Gasteiger partial charge is 0.466 e. The quantitative estimate of drug-likeness (QED) is 0.759. The summed E-state index contributed by atoms with van der Waals surface area (Å²) < 4.78 is 9.75. The van der Waals surface area contributed by atoms with Crippen LogP contribution in [0, 0.1) is 11.8 Å². The van der Waals surface area contributed by atoms with Crippen LogP contribution in [0.4, 0.5) is 0 Å². The summed E-state index contributed by atoms with van der Waals surface area (Å²) in [5.41, 5.74) is 11.4. The third-order valence-corrected chi connectivity index (χ3v) is 4.32. The normalized spacial score (nSPS) is 30.4. The van der Waals surface area contributed by atoms with Crippen LogP contribution in [0.1, 0.15) is 52.4 Å². The summed E-state index contributed by atoms with van der Waals surface area (Å²) in [5.74, 6) is -0.292. The molecule has 0 bridgehead atoms. The molecule has 4 atom stereocenters. The van der Waals surface area contributed by atoms with Gasteiger partial charge < -0.3 is 20.9 Å². The monoisotopic (exact) mass is 314 g/mol. The Kier molecular flexibility index (Phi) is 8.42. The summed E-state index contributed by atoms with van der Waals surface area (Å²) in [6.45, 7) is 4.56. The number of esters is 2. The molecule has 0 aromatic carbocycles. The van der Waals surface area contributed by atoms with E-state index in [0.717, 1.165) is 38.5 Å². The topological polar surface area (TPSA) is 105 Å². The van der Waals surface area contributed by atoms with Crippen molar-refractivity contribution in [1.29, 1.82) is 0 Å². The van der Waals surface area contributed by atoms with E-state index in [1.165, 1.54) is 0 Å². The van der Waals surface area contributed by atoms with Crippen LogP contribution in [0.5, 0.6) is 0 Å². The molecule has 2 saturated carbocycles. The van der Waals surface area contributed by atoms with Gasteiger partial charge in [0, 0.05) is 12.1 Å². The smallest absolute Gasteiger partial charge is 0.310 e. The second-order valence-electron chi connectivity index (χ2n) is 5.91.